The van der Waals surface area contributed by atoms with E-state index in [1.54, 1.807) is 0 Å². The highest BCUT2D eigenvalue weighted by atomic mass is 16.6. The molecule has 1 saturated heterocycles. The van der Waals surface area contributed by atoms with Gasteiger partial charge >= 0.3 is 5.69 Å². The van der Waals surface area contributed by atoms with Gasteiger partial charge in [0.1, 0.15) is 29.6 Å². The molecular weight excluding hydrogens is 306 g/mol. The summed E-state index contributed by atoms with van der Waals surface area (Å²) in [6, 6.07) is 0. The van der Waals surface area contributed by atoms with Crippen molar-refractivity contribution in [3.8, 4) is 0 Å². The smallest absolute Gasteiger partial charge is 0.348 e. The second-order valence-corrected chi connectivity index (χ2v) is 5.40. The van der Waals surface area contributed by atoms with Crippen molar-refractivity contribution in [1.82, 2.24) is 19.5 Å². The average Bonchev–Trinajstić information content (AvgIpc) is 3.07. The highest BCUT2D eigenvalue weighted by Crippen LogP contribution is 2.31. The van der Waals surface area contributed by atoms with Crippen LogP contribution >= 0.6 is 0 Å². The predicted octanol–water partition coefficient (Wildman–Crippen LogP) is -1.45. The summed E-state index contributed by atoms with van der Waals surface area (Å²) in [4.78, 5) is 22.4. The number of nitrogens with zero attached hydrogens (tertiary/aromatic N) is 3. The van der Waals surface area contributed by atoms with Gasteiger partial charge in [0.2, 0.25) is 0 Å². The normalized spacial score (nSPS) is 27.7. The lowest BCUT2D eigenvalue weighted by atomic mass is 10.1. The van der Waals surface area contributed by atoms with E-state index in [-0.39, 0.29) is 5.65 Å². The van der Waals surface area contributed by atoms with Crippen molar-refractivity contribution in [3.05, 3.63) is 16.8 Å². The Morgan fingerprint density at radius 3 is 2.87 bits per heavy atom. The number of fused-ring (bicyclic) bond motifs is 1. The molecule has 0 amide bonds. The van der Waals surface area contributed by atoms with Crippen LogP contribution in [-0.4, -0.2) is 66.3 Å². The molecule has 0 radical (unpaired) electrons. The summed E-state index contributed by atoms with van der Waals surface area (Å²) in [5, 5.41) is 32.2. The zero-order chi connectivity index (χ0) is 16.6. The first-order valence-electron chi connectivity index (χ1n) is 7.40. The average molecular weight is 325 g/mol. The first kappa shape index (κ1) is 15.9. The van der Waals surface area contributed by atoms with Gasteiger partial charge in [0.05, 0.1) is 12.9 Å². The summed E-state index contributed by atoms with van der Waals surface area (Å²) < 4.78 is 6.83. The topological polar surface area (TPSA) is 146 Å². The first-order valence-corrected chi connectivity index (χ1v) is 7.40. The lowest BCUT2D eigenvalue weighted by Crippen LogP contribution is -2.33. The summed E-state index contributed by atoms with van der Waals surface area (Å²) in [6.07, 6.45) is -2.16. The first-order chi connectivity index (χ1) is 11.1. The van der Waals surface area contributed by atoms with E-state index in [1.165, 1.54) is 10.9 Å². The SMILES string of the molecule is CCCNc1[nH]c(=O)nc2c1ncn2C1OC(CO)C(O)C1O. The quantitative estimate of drug-likeness (QED) is 0.449. The van der Waals surface area contributed by atoms with Crippen LogP contribution in [0.3, 0.4) is 0 Å². The van der Waals surface area contributed by atoms with Gasteiger partial charge in [-0.3, -0.25) is 9.55 Å². The van der Waals surface area contributed by atoms with Gasteiger partial charge in [-0.15, -0.1) is 0 Å². The number of hydrogen-bond acceptors (Lipinski definition) is 8. The molecule has 3 rings (SSSR count). The van der Waals surface area contributed by atoms with E-state index in [0.29, 0.717) is 17.9 Å². The zero-order valence-electron chi connectivity index (χ0n) is 12.5. The lowest BCUT2D eigenvalue weighted by Gasteiger charge is -2.16. The van der Waals surface area contributed by atoms with Crippen LogP contribution in [0.25, 0.3) is 11.2 Å². The summed E-state index contributed by atoms with van der Waals surface area (Å²) in [5.74, 6) is 0.437. The van der Waals surface area contributed by atoms with E-state index < -0.39 is 36.8 Å². The molecule has 3 heterocycles. The number of aliphatic hydroxyl groups excluding tert-OH is 3. The van der Waals surface area contributed by atoms with Gasteiger partial charge in [-0.2, -0.15) is 4.98 Å². The molecule has 10 heteroatoms. The molecule has 0 spiro atoms. The molecule has 0 aliphatic carbocycles. The second-order valence-electron chi connectivity index (χ2n) is 5.40. The van der Waals surface area contributed by atoms with Crippen LogP contribution in [0.4, 0.5) is 5.82 Å². The number of nitrogens with one attached hydrogen (secondary N) is 2. The number of rotatable bonds is 5. The van der Waals surface area contributed by atoms with Gasteiger partial charge in [-0.05, 0) is 6.42 Å². The number of imidazole rings is 1. The number of ether oxygens (including phenoxy) is 1. The van der Waals surface area contributed by atoms with Crippen molar-refractivity contribution in [2.75, 3.05) is 18.5 Å². The maximum absolute atomic E-state index is 11.8. The molecule has 0 saturated carbocycles. The van der Waals surface area contributed by atoms with E-state index in [9.17, 15) is 15.0 Å². The van der Waals surface area contributed by atoms with Gasteiger partial charge in [0, 0.05) is 6.54 Å². The Kier molecular flexibility index (Phi) is 4.31. The Labute approximate surface area is 130 Å². The molecule has 2 aromatic heterocycles. The Bertz CT molecular complexity index is 744. The fourth-order valence-corrected chi connectivity index (χ4v) is 2.61. The number of anilines is 1. The summed E-state index contributed by atoms with van der Waals surface area (Å²) in [7, 11) is 0. The standard InChI is InChI=1S/C13H19N5O5/c1-2-3-14-10-7-11(17-13(22)16-10)18(5-15-7)12-9(21)8(20)6(4-19)23-12/h5-6,8-9,12,19-21H,2-4H2,1H3,(H2,14,16,17,22). The zero-order valence-corrected chi connectivity index (χ0v) is 12.5. The van der Waals surface area contributed by atoms with E-state index in [1.807, 2.05) is 6.92 Å². The minimum atomic E-state index is -1.27. The highest BCUT2D eigenvalue weighted by molar-refractivity contribution is 5.82. The maximum Gasteiger partial charge on any atom is 0.348 e. The van der Waals surface area contributed by atoms with E-state index >= 15 is 0 Å². The molecule has 126 valence electrons. The summed E-state index contributed by atoms with van der Waals surface area (Å²) in [5.41, 5.74) is 0.0857. The molecule has 0 aromatic carbocycles. The largest absolute Gasteiger partial charge is 0.394 e. The monoisotopic (exact) mass is 325 g/mol. The van der Waals surface area contributed by atoms with Crippen molar-refractivity contribution < 1.29 is 20.1 Å². The van der Waals surface area contributed by atoms with Crippen LogP contribution < -0.4 is 11.0 Å². The van der Waals surface area contributed by atoms with Crippen molar-refractivity contribution in [2.45, 2.75) is 37.9 Å². The maximum atomic E-state index is 11.8. The van der Waals surface area contributed by atoms with Gasteiger partial charge in [-0.25, -0.2) is 9.78 Å². The van der Waals surface area contributed by atoms with Crippen LogP contribution in [-0.2, 0) is 4.74 Å². The van der Waals surface area contributed by atoms with E-state index in [2.05, 4.69) is 20.3 Å². The lowest BCUT2D eigenvalue weighted by molar-refractivity contribution is -0.0511. The molecule has 1 aliphatic heterocycles. The molecule has 0 bridgehead atoms. The minimum absolute atomic E-state index is 0.224. The van der Waals surface area contributed by atoms with Crippen molar-refractivity contribution in [2.24, 2.45) is 0 Å². The van der Waals surface area contributed by atoms with Crippen LogP contribution in [0.1, 0.15) is 19.6 Å². The fraction of sp³-hybridized carbons (Fsp3) is 0.615. The third kappa shape index (κ3) is 2.70. The van der Waals surface area contributed by atoms with Gasteiger partial charge in [0.25, 0.3) is 0 Å². The highest BCUT2D eigenvalue weighted by Gasteiger charge is 2.44. The summed E-state index contributed by atoms with van der Waals surface area (Å²) >= 11 is 0. The predicted molar refractivity (Wildman–Crippen MR) is 79.9 cm³/mol. The van der Waals surface area contributed by atoms with Gasteiger partial charge in [-0.1, -0.05) is 6.92 Å². The van der Waals surface area contributed by atoms with Crippen molar-refractivity contribution in [3.63, 3.8) is 0 Å². The molecule has 5 N–H and O–H groups in total. The van der Waals surface area contributed by atoms with Gasteiger partial charge in [0.15, 0.2) is 11.9 Å². The number of H-pyrrole nitrogens is 1. The number of aromatic amines is 1. The molecule has 1 fully saturated rings. The Hall–Kier alpha value is -2.01. The van der Waals surface area contributed by atoms with E-state index in [4.69, 9.17) is 9.84 Å². The number of aromatic nitrogens is 4. The third-order valence-electron chi connectivity index (χ3n) is 3.79. The Morgan fingerprint density at radius 2 is 2.22 bits per heavy atom. The second kappa shape index (κ2) is 6.24. The molecule has 4 unspecified atom stereocenters. The third-order valence-corrected chi connectivity index (χ3v) is 3.79. The molecule has 4 atom stereocenters. The molecule has 1 aliphatic rings. The number of aliphatic hydroxyl groups is 3. The summed E-state index contributed by atoms with van der Waals surface area (Å²) in [6.45, 7) is 2.20. The molecular formula is C13H19N5O5. The minimum Gasteiger partial charge on any atom is -0.394 e. The van der Waals surface area contributed by atoms with Gasteiger partial charge < -0.3 is 25.4 Å². The molecule has 10 nitrogen and oxygen atoms in total. The Balaban J connectivity index is 2.03. The fourth-order valence-electron chi connectivity index (χ4n) is 2.61. The van der Waals surface area contributed by atoms with Crippen LogP contribution in [0, 0.1) is 0 Å². The van der Waals surface area contributed by atoms with Crippen molar-refractivity contribution >= 4 is 17.0 Å². The van der Waals surface area contributed by atoms with Crippen LogP contribution in [0.5, 0.6) is 0 Å². The molecule has 23 heavy (non-hydrogen) atoms. The Morgan fingerprint density at radius 1 is 1.43 bits per heavy atom. The van der Waals surface area contributed by atoms with Crippen molar-refractivity contribution in [1.29, 1.82) is 0 Å². The van der Waals surface area contributed by atoms with E-state index in [0.717, 1.165) is 6.42 Å². The molecule has 2 aromatic rings. The van der Waals surface area contributed by atoms with Crippen LogP contribution in [0.15, 0.2) is 11.1 Å². The number of hydrogen-bond donors (Lipinski definition) is 5. The van der Waals surface area contributed by atoms with Crippen LogP contribution in [0.2, 0.25) is 0 Å².